The van der Waals surface area contributed by atoms with Crippen LogP contribution in [0.1, 0.15) is 46.0 Å². The maximum Gasteiger partial charge on any atom is 0.0615 e. The molecule has 106 valence electrons. The van der Waals surface area contributed by atoms with E-state index in [1.54, 1.807) is 0 Å². The van der Waals surface area contributed by atoms with Crippen LogP contribution in [0.2, 0.25) is 0 Å². The van der Waals surface area contributed by atoms with E-state index < -0.39 is 0 Å². The highest BCUT2D eigenvalue weighted by Crippen LogP contribution is 2.28. The second-order valence-corrected chi connectivity index (χ2v) is 6.26. The van der Waals surface area contributed by atoms with Crippen LogP contribution in [0.4, 0.5) is 0 Å². The lowest BCUT2D eigenvalue weighted by atomic mass is 9.82. The number of rotatable bonds is 4. The summed E-state index contributed by atoms with van der Waals surface area (Å²) in [7, 11) is 1.81. The molecule has 1 heterocycles. The zero-order valence-electron chi connectivity index (χ0n) is 12.3. The minimum atomic E-state index is 0.540. The number of nitrogens with one attached hydrogen (secondary N) is 1. The number of nitrogens with zero attached hydrogens (tertiary/aromatic N) is 1. The highest BCUT2D eigenvalue weighted by atomic mass is 16.5. The molecule has 1 aliphatic carbocycles. The number of piperazine rings is 1. The normalized spacial score (nSPS) is 33.5. The van der Waals surface area contributed by atoms with Gasteiger partial charge >= 0.3 is 0 Å². The zero-order chi connectivity index (χ0) is 13.0. The Morgan fingerprint density at radius 2 is 2.00 bits per heavy atom. The van der Waals surface area contributed by atoms with E-state index in [1.165, 1.54) is 38.6 Å². The van der Waals surface area contributed by atoms with Crippen LogP contribution in [0.3, 0.4) is 0 Å². The summed E-state index contributed by atoms with van der Waals surface area (Å²) in [6.07, 6.45) is 7.18. The van der Waals surface area contributed by atoms with Crippen LogP contribution in [-0.2, 0) is 4.74 Å². The summed E-state index contributed by atoms with van der Waals surface area (Å²) in [5.41, 5.74) is 0. The van der Waals surface area contributed by atoms with Crippen molar-refractivity contribution in [1.82, 2.24) is 10.2 Å². The smallest absolute Gasteiger partial charge is 0.0615 e. The largest absolute Gasteiger partial charge is 0.383 e. The number of methoxy groups -OCH3 is 1. The Morgan fingerprint density at radius 3 is 2.67 bits per heavy atom. The van der Waals surface area contributed by atoms with Gasteiger partial charge < -0.3 is 10.1 Å². The fourth-order valence-corrected chi connectivity index (χ4v) is 3.71. The van der Waals surface area contributed by atoms with Crippen molar-refractivity contribution in [2.75, 3.05) is 26.8 Å². The molecule has 0 amide bonds. The molecule has 2 aliphatic rings. The van der Waals surface area contributed by atoms with Gasteiger partial charge in [-0.05, 0) is 32.6 Å². The summed E-state index contributed by atoms with van der Waals surface area (Å²) in [4.78, 5) is 2.64. The average molecular weight is 254 g/mol. The molecule has 3 nitrogen and oxygen atoms in total. The first kappa shape index (κ1) is 14.3. The van der Waals surface area contributed by atoms with Gasteiger partial charge in [-0.2, -0.15) is 0 Å². The van der Waals surface area contributed by atoms with Gasteiger partial charge in [0.1, 0.15) is 0 Å². The van der Waals surface area contributed by atoms with E-state index in [9.17, 15) is 0 Å². The van der Waals surface area contributed by atoms with Crippen LogP contribution in [0.5, 0.6) is 0 Å². The Balaban J connectivity index is 1.90. The summed E-state index contributed by atoms with van der Waals surface area (Å²) in [6.45, 7) is 7.81. The molecule has 0 bridgehead atoms. The maximum atomic E-state index is 5.32. The lowest BCUT2D eigenvalue weighted by Gasteiger charge is -2.45. The van der Waals surface area contributed by atoms with Crippen LogP contribution >= 0.6 is 0 Å². The topological polar surface area (TPSA) is 24.5 Å². The van der Waals surface area contributed by atoms with Gasteiger partial charge in [0, 0.05) is 38.3 Å². The Labute approximate surface area is 112 Å². The second kappa shape index (κ2) is 6.88. The Bertz CT molecular complexity index is 241. The molecule has 2 fully saturated rings. The first-order valence-corrected chi connectivity index (χ1v) is 7.70. The molecule has 1 saturated heterocycles. The van der Waals surface area contributed by atoms with Gasteiger partial charge in [-0.1, -0.05) is 19.3 Å². The Morgan fingerprint density at radius 1 is 1.28 bits per heavy atom. The van der Waals surface area contributed by atoms with Crippen LogP contribution in [0.15, 0.2) is 0 Å². The highest BCUT2D eigenvalue weighted by molar-refractivity contribution is 4.90. The molecule has 1 saturated carbocycles. The minimum Gasteiger partial charge on any atom is -0.383 e. The van der Waals surface area contributed by atoms with E-state index in [-0.39, 0.29) is 0 Å². The average Bonchev–Trinajstić information content (AvgIpc) is 2.40. The van der Waals surface area contributed by atoms with E-state index in [0.29, 0.717) is 18.1 Å². The molecule has 2 rings (SSSR count). The molecular formula is C15H30N2O. The Hall–Kier alpha value is -0.120. The number of ether oxygens (including phenoxy) is 1. The molecule has 18 heavy (non-hydrogen) atoms. The van der Waals surface area contributed by atoms with Crippen molar-refractivity contribution >= 4 is 0 Å². The van der Waals surface area contributed by atoms with Crippen molar-refractivity contribution in [1.29, 1.82) is 0 Å². The molecule has 0 aromatic carbocycles. The van der Waals surface area contributed by atoms with Gasteiger partial charge in [0.05, 0.1) is 6.61 Å². The minimum absolute atomic E-state index is 0.540. The van der Waals surface area contributed by atoms with Crippen LogP contribution in [-0.4, -0.2) is 49.8 Å². The van der Waals surface area contributed by atoms with Gasteiger partial charge in [-0.15, -0.1) is 0 Å². The van der Waals surface area contributed by atoms with E-state index in [2.05, 4.69) is 24.1 Å². The standard InChI is InChI=1S/C15H30N2O/c1-12-9-16-15(14-7-5-4-6-8-14)10-17(12)13(2)11-18-3/h12-16H,4-11H2,1-3H3. The second-order valence-electron chi connectivity index (χ2n) is 6.26. The predicted molar refractivity (Wildman–Crippen MR) is 75.9 cm³/mol. The van der Waals surface area contributed by atoms with Crippen LogP contribution in [0, 0.1) is 5.92 Å². The quantitative estimate of drug-likeness (QED) is 0.833. The summed E-state index contributed by atoms with van der Waals surface area (Å²) < 4.78 is 5.32. The molecule has 3 unspecified atom stereocenters. The van der Waals surface area contributed by atoms with Gasteiger partial charge in [0.2, 0.25) is 0 Å². The fourth-order valence-electron chi connectivity index (χ4n) is 3.71. The lowest BCUT2D eigenvalue weighted by Crippen LogP contribution is -2.60. The molecular weight excluding hydrogens is 224 g/mol. The molecule has 0 aromatic heterocycles. The molecule has 3 atom stereocenters. The molecule has 0 radical (unpaired) electrons. The molecule has 1 aliphatic heterocycles. The van der Waals surface area contributed by atoms with Crippen molar-refractivity contribution in [3.05, 3.63) is 0 Å². The third-order valence-corrected chi connectivity index (χ3v) is 4.84. The summed E-state index contributed by atoms with van der Waals surface area (Å²) in [5, 5.41) is 3.78. The summed E-state index contributed by atoms with van der Waals surface area (Å²) >= 11 is 0. The zero-order valence-corrected chi connectivity index (χ0v) is 12.3. The summed E-state index contributed by atoms with van der Waals surface area (Å²) in [5.74, 6) is 0.906. The van der Waals surface area contributed by atoms with Crippen molar-refractivity contribution in [3.63, 3.8) is 0 Å². The van der Waals surface area contributed by atoms with E-state index in [1.807, 2.05) is 7.11 Å². The van der Waals surface area contributed by atoms with Gasteiger partial charge in [-0.25, -0.2) is 0 Å². The predicted octanol–water partition coefficient (Wildman–Crippen LogP) is 2.26. The number of hydrogen-bond acceptors (Lipinski definition) is 3. The van der Waals surface area contributed by atoms with E-state index in [0.717, 1.165) is 19.1 Å². The third-order valence-electron chi connectivity index (χ3n) is 4.84. The van der Waals surface area contributed by atoms with Gasteiger partial charge in [-0.3, -0.25) is 4.90 Å². The number of hydrogen-bond donors (Lipinski definition) is 1. The first-order chi connectivity index (χ1) is 8.72. The monoisotopic (exact) mass is 254 g/mol. The maximum absolute atomic E-state index is 5.32. The van der Waals surface area contributed by atoms with Gasteiger partial charge in [0.15, 0.2) is 0 Å². The van der Waals surface area contributed by atoms with E-state index >= 15 is 0 Å². The van der Waals surface area contributed by atoms with E-state index in [4.69, 9.17) is 4.74 Å². The SMILES string of the molecule is COCC(C)N1CC(C2CCCCC2)NCC1C. The molecule has 0 aromatic rings. The third kappa shape index (κ3) is 3.46. The van der Waals surface area contributed by atoms with Crippen molar-refractivity contribution in [2.24, 2.45) is 5.92 Å². The molecule has 3 heteroatoms. The molecule has 1 N–H and O–H groups in total. The van der Waals surface area contributed by atoms with Crippen LogP contribution in [0.25, 0.3) is 0 Å². The Kier molecular flexibility index (Phi) is 5.46. The summed E-state index contributed by atoms with van der Waals surface area (Å²) in [6, 6.07) is 1.88. The molecule has 0 spiro atoms. The fraction of sp³-hybridized carbons (Fsp3) is 1.00. The highest BCUT2D eigenvalue weighted by Gasteiger charge is 2.32. The van der Waals surface area contributed by atoms with Crippen molar-refractivity contribution in [3.8, 4) is 0 Å². The first-order valence-electron chi connectivity index (χ1n) is 7.70. The van der Waals surface area contributed by atoms with Crippen LogP contribution < -0.4 is 5.32 Å². The lowest BCUT2D eigenvalue weighted by molar-refractivity contribution is 0.0337. The van der Waals surface area contributed by atoms with Gasteiger partial charge in [0.25, 0.3) is 0 Å². The van der Waals surface area contributed by atoms with Crippen molar-refractivity contribution < 1.29 is 4.74 Å². The van der Waals surface area contributed by atoms with Crippen molar-refractivity contribution in [2.45, 2.75) is 64.1 Å².